The average Bonchev–Trinajstić information content (AvgIpc) is 2.58. The largest absolute Gasteiger partial charge is 0.464 e. The van der Waals surface area contributed by atoms with Gasteiger partial charge in [0.05, 0.1) is 6.61 Å². The van der Waals surface area contributed by atoms with Gasteiger partial charge in [-0.05, 0) is 35.6 Å². The number of hydrogen-bond donors (Lipinski definition) is 0. The molecule has 2 heteroatoms. The molecule has 0 spiro atoms. The molecule has 130 valence electrons. The lowest BCUT2D eigenvalue weighted by atomic mass is 9.95. The molecule has 0 radical (unpaired) electrons. The first-order valence-corrected chi connectivity index (χ1v) is 8.82. The van der Waals surface area contributed by atoms with E-state index in [4.69, 9.17) is 9.47 Å². The van der Waals surface area contributed by atoms with Gasteiger partial charge < -0.3 is 9.47 Å². The van der Waals surface area contributed by atoms with Crippen molar-refractivity contribution < 1.29 is 9.47 Å². The van der Waals surface area contributed by atoms with E-state index in [9.17, 15) is 0 Å². The van der Waals surface area contributed by atoms with E-state index in [0.29, 0.717) is 12.5 Å². The summed E-state index contributed by atoms with van der Waals surface area (Å²) in [6, 6.07) is 18.6. The summed E-state index contributed by atoms with van der Waals surface area (Å²) in [4.78, 5) is 0. The summed E-state index contributed by atoms with van der Waals surface area (Å²) in [6.45, 7) is 11.4. The van der Waals surface area contributed by atoms with Crippen molar-refractivity contribution in [3.8, 4) is 5.75 Å². The number of benzene rings is 2. The smallest absolute Gasteiger partial charge is 0.205 e. The fourth-order valence-electron chi connectivity index (χ4n) is 2.44. The van der Waals surface area contributed by atoms with Crippen LogP contribution in [0.3, 0.4) is 0 Å². The van der Waals surface area contributed by atoms with Gasteiger partial charge in [0.15, 0.2) is 0 Å². The van der Waals surface area contributed by atoms with E-state index in [-0.39, 0.29) is 11.7 Å². The number of ether oxygens (including phenoxy) is 2. The molecule has 24 heavy (non-hydrogen) atoms. The maximum Gasteiger partial charge on any atom is 0.205 e. The van der Waals surface area contributed by atoms with Crippen molar-refractivity contribution in [2.45, 2.75) is 59.9 Å². The van der Waals surface area contributed by atoms with Crippen molar-refractivity contribution in [1.82, 2.24) is 0 Å². The highest BCUT2D eigenvalue weighted by atomic mass is 16.7. The first-order chi connectivity index (χ1) is 11.4. The normalized spacial score (nSPS) is 14.2. The molecule has 0 aliphatic carbocycles. The third-order valence-electron chi connectivity index (χ3n) is 4.26. The van der Waals surface area contributed by atoms with Gasteiger partial charge in [-0.25, -0.2) is 0 Å². The van der Waals surface area contributed by atoms with Crippen LogP contribution in [-0.2, 0) is 11.3 Å². The molecular weight excluding hydrogens is 296 g/mol. The molecule has 2 unspecified atom stereocenters. The van der Waals surface area contributed by atoms with Gasteiger partial charge in [0.1, 0.15) is 5.75 Å². The third kappa shape index (κ3) is 5.38. The molecule has 2 aromatic carbocycles. The summed E-state index contributed by atoms with van der Waals surface area (Å²) in [5.41, 5.74) is 2.40. The molecule has 0 fully saturated rings. The SMILES string of the molecule is CCC(C)c1ccc(OC(OCc2ccccc2)C(C)(C)C)cc1. The average molecular weight is 326 g/mol. The summed E-state index contributed by atoms with van der Waals surface area (Å²) in [6.07, 6.45) is 0.845. The van der Waals surface area contributed by atoms with Crippen molar-refractivity contribution in [3.05, 3.63) is 65.7 Å². The van der Waals surface area contributed by atoms with Gasteiger partial charge >= 0.3 is 0 Å². The molecule has 0 aliphatic rings. The van der Waals surface area contributed by atoms with Gasteiger partial charge in [0.2, 0.25) is 6.29 Å². The van der Waals surface area contributed by atoms with Crippen LogP contribution in [0, 0.1) is 5.41 Å². The molecule has 2 nitrogen and oxygen atoms in total. The minimum Gasteiger partial charge on any atom is -0.464 e. The van der Waals surface area contributed by atoms with Crippen LogP contribution in [-0.4, -0.2) is 6.29 Å². The van der Waals surface area contributed by atoms with Gasteiger partial charge in [-0.15, -0.1) is 0 Å². The minimum atomic E-state index is -0.299. The molecular formula is C22H30O2. The van der Waals surface area contributed by atoms with Crippen molar-refractivity contribution >= 4 is 0 Å². The molecule has 0 N–H and O–H groups in total. The van der Waals surface area contributed by atoms with Crippen LogP contribution in [0.2, 0.25) is 0 Å². The van der Waals surface area contributed by atoms with E-state index >= 15 is 0 Å². The first kappa shape index (κ1) is 18.5. The van der Waals surface area contributed by atoms with Crippen LogP contribution in [0.4, 0.5) is 0 Å². The topological polar surface area (TPSA) is 18.5 Å². The number of hydrogen-bond acceptors (Lipinski definition) is 2. The second kappa shape index (κ2) is 8.34. The summed E-state index contributed by atoms with van der Waals surface area (Å²) in [7, 11) is 0. The van der Waals surface area contributed by atoms with Crippen molar-refractivity contribution in [2.24, 2.45) is 5.41 Å². The predicted octanol–water partition coefficient (Wildman–Crippen LogP) is 6.17. The Morgan fingerprint density at radius 3 is 2.08 bits per heavy atom. The monoisotopic (exact) mass is 326 g/mol. The molecule has 2 rings (SSSR count). The highest BCUT2D eigenvalue weighted by Crippen LogP contribution is 2.28. The second-order valence-corrected chi connectivity index (χ2v) is 7.49. The molecule has 0 bridgehead atoms. The Morgan fingerprint density at radius 2 is 1.54 bits per heavy atom. The van der Waals surface area contributed by atoms with Crippen LogP contribution in [0.25, 0.3) is 0 Å². The van der Waals surface area contributed by atoms with Crippen molar-refractivity contribution in [1.29, 1.82) is 0 Å². The van der Waals surface area contributed by atoms with Gasteiger partial charge in [-0.3, -0.25) is 0 Å². The van der Waals surface area contributed by atoms with Crippen molar-refractivity contribution in [2.75, 3.05) is 0 Å². The van der Waals surface area contributed by atoms with E-state index in [1.807, 2.05) is 30.3 Å². The van der Waals surface area contributed by atoms with Crippen molar-refractivity contribution in [3.63, 3.8) is 0 Å². The Hall–Kier alpha value is -1.80. The van der Waals surface area contributed by atoms with Gasteiger partial charge in [-0.2, -0.15) is 0 Å². The maximum absolute atomic E-state index is 6.15. The fraction of sp³-hybridized carbons (Fsp3) is 0.455. The molecule has 0 saturated carbocycles. The van der Waals surface area contributed by atoms with Gasteiger partial charge in [-0.1, -0.05) is 77.1 Å². The zero-order valence-corrected chi connectivity index (χ0v) is 15.6. The molecule has 0 aliphatic heterocycles. The second-order valence-electron chi connectivity index (χ2n) is 7.49. The predicted molar refractivity (Wildman–Crippen MR) is 100 cm³/mol. The molecule has 2 atom stereocenters. The molecule has 0 aromatic heterocycles. The Morgan fingerprint density at radius 1 is 0.917 bits per heavy atom. The lowest BCUT2D eigenvalue weighted by molar-refractivity contribution is -0.148. The van der Waals surface area contributed by atoms with E-state index in [1.54, 1.807) is 0 Å². The van der Waals surface area contributed by atoms with Crippen LogP contribution in [0.5, 0.6) is 5.75 Å². The zero-order valence-electron chi connectivity index (χ0n) is 15.6. The maximum atomic E-state index is 6.15. The van der Waals surface area contributed by atoms with Crippen LogP contribution < -0.4 is 4.74 Å². The lowest BCUT2D eigenvalue weighted by Gasteiger charge is -2.31. The Kier molecular flexibility index (Phi) is 6.44. The number of rotatable bonds is 7. The lowest BCUT2D eigenvalue weighted by Crippen LogP contribution is -2.34. The van der Waals surface area contributed by atoms with E-state index < -0.39 is 0 Å². The van der Waals surface area contributed by atoms with E-state index in [2.05, 4.69) is 58.9 Å². The van der Waals surface area contributed by atoms with Gasteiger partial charge in [0, 0.05) is 5.41 Å². The molecule has 0 amide bonds. The fourth-order valence-corrected chi connectivity index (χ4v) is 2.44. The van der Waals surface area contributed by atoms with Crippen LogP contribution >= 0.6 is 0 Å². The quantitative estimate of drug-likeness (QED) is 0.567. The highest BCUT2D eigenvalue weighted by Gasteiger charge is 2.27. The summed E-state index contributed by atoms with van der Waals surface area (Å²) in [5, 5.41) is 0. The molecule has 2 aromatic rings. The Labute approximate surface area is 146 Å². The molecule has 0 saturated heterocycles. The van der Waals surface area contributed by atoms with E-state index in [1.165, 1.54) is 5.56 Å². The highest BCUT2D eigenvalue weighted by molar-refractivity contribution is 5.29. The van der Waals surface area contributed by atoms with Gasteiger partial charge in [0.25, 0.3) is 0 Å². The summed E-state index contributed by atoms with van der Waals surface area (Å²) < 4.78 is 12.2. The first-order valence-electron chi connectivity index (χ1n) is 8.82. The van der Waals surface area contributed by atoms with Crippen LogP contribution in [0.15, 0.2) is 54.6 Å². The third-order valence-corrected chi connectivity index (χ3v) is 4.26. The zero-order chi connectivity index (χ0) is 17.6. The molecule has 0 heterocycles. The standard InChI is InChI=1S/C22H30O2/c1-6-17(2)19-12-14-20(15-13-19)24-21(22(3,4)5)23-16-18-10-8-7-9-11-18/h7-15,17,21H,6,16H2,1-5H3. The Bertz CT molecular complexity index is 596. The minimum absolute atomic E-state index is 0.107. The summed E-state index contributed by atoms with van der Waals surface area (Å²) in [5.74, 6) is 1.43. The van der Waals surface area contributed by atoms with Crippen LogP contribution in [0.1, 0.15) is 58.1 Å². The Balaban J connectivity index is 2.03. The summed E-state index contributed by atoms with van der Waals surface area (Å²) >= 11 is 0. The van der Waals surface area contributed by atoms with E-state index in [0.717, 1.165) is 17.7 Å².